The van der Waals surface area contributed by atoms with Crippen molar-refractivity contribution in [2.24, 2.45) is 0 Å². The van der Waals surface area contributed by atoms with Crippen molar-refractivity contribution in [2.75, 3.05) is 19.6 Å². The van der Waals surface area contributed by atoms with Gasteiger partial charge in [0.2, 0.25) is 0 Å². The molecule has 0 spiro atoms. The lowest BCUT2D eigenvalue weighted by atomic mass is 10.1. The lowest BCUT2D eigenvalue weighted by Crippen LogP contribution is -2.43. The van der Waals surface area contributed by atoms with Gasteiger partial charge in [-0.2, -0.15) is 5.26 Å². The number of nitriles is 1. The fourth-order valence-electron chi connectivity index (χ4n) is 1.78. The SMILES string of the molecule is Cc1ccc(C#N)c(C2CNCCN2)n1. The molecule has 4 nitrogen and oxygen atoms in total. The highest BCUT2D eigenvalue weighted by Crippen LogP contribution is 2.16. The predicted molar refractivity (Wildman–Crippen MR) is 57.3 cm³/mol. The van der Waals surface area contributed by atoms with Gasteiger partial charge < -0.3 is 10.6 Å². The normalized spacial score (nSPS) is 20.9. The number of rotatable bonds is 1. The molecule has 15 heavy (non-hydrogen) atoms. The van der Waals surface area contributed by atoms with Gasteiger partial charge in [-0.25, -0.2) is 0 Å². The minimum Gasteiger partial charge on any atom is -0.314 e. The zero-order valence-corrected chi connectivity index (χ0v) is 8.75. The molecule has 0 amide bonds. The van der Waals surface area contributed by atoms with Crippen molar-refractivity contribution in [3.63, 3.8) is 0 Å². The summed E-state index contributed by atoms with van der Waals surface area (Å²) in [5.74, 6) is 0. The first-order valence-corrected chi connectivity index (χ1v) is 5.13. The number of aromatic nitrogens is 1. The summed E-state index contributed by atoms with van der Waals surface area (Å²) in [5, 5.41) is 15.7. The van der Waals surface area contributed by atoms with Crippen LogP contribution in [0.4, 0.5) is 0 Å². The highest BCUT2D eigenvalue weighted by molar-refractivity contribution is 5.36. The zero-order valence-electron chi connectivity index (χ0n) is 8.75. The van der Waals surface area contributed by atoms with E-state index in [9.17, 15) is 0 Å². The van der Waals surface area contributed by atoms with E-state index in [2.05, 4.69) is 21.7 Å². The molecule has 1 aromatic rings. The Morgan fingerprint density at radius 2 is 2.33 bits per heavy atom. The molecule has 1 unspecified atom stereocenters. The molecular weight excluding hydrogens is 188 g/mol. The number of nitrogens with one attached hydrogen (secondary N) is 2. The Balaban J connectivity index is 2.32. The van der Waals surface area contributed by atoms with E-state index in [-0.39, 0.29) is 6.04 Å². The maximum absolute atomic E-state index is 9.00. The molecule has 1 saturated heterocycles. The summed E-state index contributed by atoms with van der Waals surface area (Å²) < 4.78 is 0. The van der Waals surface area contributed by atoms with Gasteiger partial charge in [0.15, 0.2) is 0 Å². The third-order valence-electron chi connectivity index (χ3n) is 2.56. The molecule has 78 valence electrons. The Bertz CT molecular complexity index is 388. The summed E-state index contributed by atoms with van der Waals surface area (Å²) in [6, 6.07) is 6.06. The number of piperazine rings is 1. The molecule has 0 aliphatic carbocycles. The average molecular weight is 202 g/mol. The van der Waals surface area contributed by atoms with Gasteiger partial charge in [0.25, 0.3) is 0 Å². The van der Waals surface area contributed by atoms with Gasteiger partial charge in [0.05, 0.1) is 17.3 Å². The van der Waals surface area contributed by atoms with Gasteiger partial charge in [-0.1, -0.05) is 0 Å². The van der Waals surface area contributed by atoms with Crippen LogP contribution in [0.15, 0.2) is 12.1 Å². The van der Waals surface area contributed by atoms with E-state index in [0.29, 0.717) is 5.56 Å². The van der Waals surface area contributed by atoms with E-state index in [1.54, 1.807) is 0 Å². The summed E-state index contributed by atoms with van der Waals surface area (Å²) in [6.45, 7) is 4.68. The summed E-state index contributed by atoms with van der Waals surface area (Å²) >= 11 is 0. The zero-order chi connectivity index (χ0) is 10.7. The molecule has 0 saturated carbocycles. The Kier molecular flexibility index (Phi) is 2.95. The number of nitrogens with zero attached hydrogens (tertiary/aromatic N) is 2. The summed E-state index contributed by atoms with van der Waals surface area (Å²) in [7, 11) is 0. The number of pyridine rings is 1. The first kappa shape index (κ1) is 10.1. The number of hydrogen-bond acceptors (Lipinski definition) is 4. The molecular formula is C11H14N4. The monoisotopic (exact) mass is 202 g/mol. The molecule has 2 heterocycles. The van der Waals surface area contributed by atoms with Crippen LogP contribution < -0.4 is 10.6 Å². The molecule has 1 aliphatic rings. The average Bonchev–Trinajstić information content (AvgIpc) is 2.30. The molecule has 0 bridgehead atoms. The third kappa shape index (κ3) is 2.14. The van der Waals surface area contributed by atoms with E-state index in [0.717, 1.165) is 31.0 Å². The van der Waals surface area contributed by atoms with Crippen molar-refractivity contribution in [2.45, 2.75) is 13.0 Å². The van der Waals surface area contributed by atoms with Crippen LogP contribution >= 0.6 is 0 Å². The Hall–Kier alpha value is -1.44. The van der Waals surface area contributed by atoms with Crippen LogP contribution in [0.3, 0.4) is 0 Å². The molecule has 1 fully saturated rings. The topological polar surface area (TPSA) is 60.7 Å². The van der Waals surface area contributed by atoms with Crippen LogP contribution in [0.25, 0.3) is 0 Å². The quantitative estimate of drug-likeness (QED) is 0.696. The first-order chi connectivity index (χ1) is 7.31. The summed E-state index contributed by atoms with van der Waals surface area (Å²) in [4.78, 5) is 4.44. The first-order valence-electron chi connectivity index (χ1n) is 5.13. The van der Waals surface area contributed by atoms with Crippen molar-refractivity contribution in [1.82, 2.24) is 15.6 Å². The second-order valence-corrected chi connectivity index (χ2v) is 3.71. The van der Waals surface area contributed by atoms with E-state index in [1.807, 2.05) is 19.1 Å². The number of aryl methyl sites for hydroxylation is 1. The minimum atomic E-state index is 0.160. The standard InChI is InChI=1S/C11H14N4/c1-8-2-3-9(6-12)11(15-8)10-7-13-4-5-14-10/h2-3,10,13-14H,4-5,7H2,1H3. The van der Waals surface area contributed by atoms with Crippen LogP contribution in [0.1, 0.15) is 23.0 Å². The van der Waals surface area contributed by atoms with Gasteiger partial charge in [0.1, 0.15) is 6.07 Å². The molecule has 1 aromatic heterocycles. The maximum Gasteiger partial charge on any atom is 0.101 e. The molecule has 0 aromatic carbocycles. The van der Waals surface area contributed by atoms with Crippen molar-refractivity contribution in [3.8, 4) is 6.07 Å². The summed E-state index contributed by atoms with van der Waals surface area (Å²) in [5.41, 5.74) is 2.49. The minimum absolute atomic E-state index is 0.160. The van der Waals surface area contributed by atoms with E-state index in [1.165, 1.54) is 0 Å². The Labute approximate surface area is 89.3 Å². The molecule has 0 radical (unpaired) electrons. The molecule has 2 N–H and O–H groups in total. The smallest absolute Gasteiger partial charge is 0.101 e. The third-order valence-corrected chi connectivity index (χ3v) is 2.56. The molecule has 1 aliphatic heterocycles. The Morgan fingerprint density at radius 3 is 3.00 bits per heavy atom. The van der Waals surface area contributed by atoms with Crippen LogP contribution in [0, 0.1) is 18.3 Å². The van der Waals surface area contributed by atoms with Crippen LogP contribution in [-0.4, -0.2) is 24.6 Å². The van der Waals surface area contributed by atoms with Gasteiger partial charge in [-0.05, 0) is 19.1 Å². The van der Waals surface area contributed by atoms with E-state index >= 15 is 0 Å². The van der Waals surface area contributed by atoms with Gasteiger partial charge >= 0.3 is 0 Å². The largest absolute Gasteiger partial charge is 0.314 e. The predicted octanol–water partition coefficient (Wildman–Crippen LogP) is 0.496. The van der Waals surface area contributed by atoms with Crippen LogP contribution in [0.5, 0.6) is 0 Å². The molecule has 1 atom stereocenters. The second kappa shape index (κ2) is 4.39. The second-order valence-electron chi connectivity index (χ2n) is 3.71. The molecule has 2 rings (SSSR count). The van der Waals surface area contributed by atoms with Gasteiger partial charge in [0, 0.05) is 25.3 Å². The highest BCUT2D eigenvalue weighted by atomic mass is 15.1. The van der Waals surface area contributed by atoms with Crippen LogP contribution in [0.2, 0.25) is 0 Å². The van der Waals surface area contributed by atoms with Crippen molar-refractivity contribution in [3.05, 3.63) is 29.1 Å². The highest BCUT2D eigenvalue weighted by Gasteiger charge is 2.18. The maximum atomic E-state index is 9.00. The summed E-state index contributed by atoms with van der Waals surface area (Å²) in [6.07, 6.45) is 0. The van der Waals surface area contributed by atoms with E-state index < -0.39 is 0 Å². The lowest BCUT2D eigenvalue weighted by Gasteiger charge is -2.24. The fourth-order valence-corrected chi connectivity index (χ4v) is 1.78. The molecule has 4 heteroatoms. The van der Waals surface area contributed by atoms with Gasteiger partial charge in [-0.15, -0.1) is 0 Å². The fraction of sp³-hybridized carbons (Fsp3) is 0.455. The van der Waals surface area contributed by atoms with Gasteiger partial charge in [-0.3, -0.25) is 4.98 Å². The van der Waals surface area contributed by atoms with Crippen molar-refractivity contribution in [1.29, 1.82) is 5.26 Å². The Morgan fingerprint density at radius 1 is 1.47 bits per heavy atom. The number of hydrogen-bond donors (Lipinski definition) is 2. The van der Waals surface area contributed by atoms with E-state index in [4.69, 9.17) is 5.26 Å². The van der Waals surface area contributed by atoms with Crippen molar-refractivity contribution < 1.29 is 0 Å². The van der Waals surface area contributed by atoms with Crippen LogP contribution in [-0.2, 0) is 0 Å². The lowest BCUT2D eigenvalue weighted by molar-refractivity contribution is 0.422. The van der Waals surface area contributed by atoms with Crippen molar-refractivity contribution >= 4 is 0 Å².